The summed E-state index contributed by atoms with van der Waals surface area (Å²) in [5.41, 5.74) is 1.07. The van der Waals surface area contributed by atoms with Crippen LogP contribution in [0.25, 0.3) is 0 Å². The van der Waals surface area contributed by atoms with Crippen molar-refractivity contribution in [1.82, 2.24) is 10.6 Å². The molecule has 6 nitrogen and oxygen atoms in total. The van der Waals surface area contributed by atoms with Gasteiger partial charge in [0.2, 0.25) is 0 Å². The Kier molecular flexibility index (Phi) is 5.06. The highest BCUT2D eigenvalue weighted by molar-refractivity contribution is 7.91. The fourth-order valence-electron chi connectivity index (χ4n) is 2.27. The highest BCUT2D eigenvalue weighted by Gasteiger charge is 2.28. The van der Waals surface area contributed by atoms with Crippen molar-refractivity contribution in [2.75, 3.05) is 25.7 Å². The van der Waals surface area contributed by atoms with Gasteiger partial charge in [-0.1, -0.05) is 12.1 Å². The van der Waals surface area contributed by atoms with Crippen LogP contribution in [0.5, 0.6) is 5.75 Å². The highest BCUT2D eigenvalue weighted by atomic mass is 32.2. The van der Waals surface area contributed by atoms with Gasteiger partial charge < -0.3 is 15.4 Å². The van der Waals surface area contributed by atoms with E-state index in [9.17, 15) is 8.42 Å². The lowest BCUT2D eigenvalue weighted by molar-refractivity contribution is 0.414. The van der Waals surface area contributed by atoms with E-state index in [4.69, 9.17) is 4.74 Å². The molecule has 0 amide bonds. The third-order valence-corrected chi connectivity index (χ3v) is 5.16. The van der Waals surface area contributed by atoms with E-state index in [1.54, 1.807) is 14.2 Å². The lowest BCUT2D eigenvalue weighted by Gasteiger charge is -2.16. The van der Waals surface area contributed by atoms with Gasteiger partial charge in [-0.2, -0.15) is 0 Å². The first kappa shape index (κ1) is 15.6. The van der Waals surface area contributed by atoms with E-state index in [2.05, 4.69) is 15.6 Å². The molecule has 0 saturated carbocycles. The van der Waals surface area contributed by atoms with Gasteiger partial charge in [0.15, 0.2) is 15.8 Å². The van der Waals surface area contributed by atoms with E-state index < -0.39 is 9.84 Å². The van der Waals surface area contributed by atoms with Gasteiger partial charge in [0.25, 0.3) is 0 Å². The standard InChI is InChI=1S/C14H21N3O3S/c1-15-14(17-12-6-7-21(18,19)10-12)16-9-11-4-3-5-13(8-11)20-2/h3-5,8,12H,6-7,9-10H2,1-2H3,(H2,15,16,17). The maximum atomic E-state index is 11.4. The van der Waals surface area contributed by atoms with Gasteiger partial charge in [0, 0.05) is 19.6 Å². The van der Waals surface area contributed by atoms with Crippen LogP contribution in [-0.2, 0) is 16.4 Å². The molecule has 1 fully saturated rings. The molecular weight excluding hydrogens is 290 g/mol. The molecule has 2 N–H and O–H groups in total. The van der Waals surface area contributed by atoms with Crippen molar-refractivity contribution < 1.29 is 13.2 Å². The predicted molar refractivity (Wildman–Crippen MR) is 83.4 cm³/mol. The SMILES string of the molecule is CN=C(NCc1cccc(OC)c1)NC1CCS(=O)(=O)C1. The number of nitrogens with one attached hydrogen (secondary N) is 2. The Morgan fingerprint density at radius 3 is 2.90 bits per heavy atom. The molecule has 1 aliphatic heterocycles. The molecule has 1 atom stereocenters. The molecule has 0 spiro atoms. The van der Waals surface area contributed by atoms with Crippen molar-refractivity contribution in [1.29, 1.82) is 0 Å². The second kappa shape index (κ2) is 6.80. The fraction of sp³-hybridized carbons (Fsp3) is 0.500. The number of hydrogen-bond acceptors (Lipinski definition) is 4. The van der Waals surface area contributed by atoms with E-state index in [1.807, 2.05) is 24.3 Å². The first-order chi connectivity index (χ1) is 10.0. The van der Waals surface area contributed by atoms with Crippen LogP contribution in [0.2, 0.25) is 0 Å². The quantitative estimate of drug-likeness (QED) is 0.627. The summed E-state index contributed by atoms with van der Waals surface area (Å²) in [5.74, 6) is 1.84. The van der Waals surface area contributed by atoms with E-state index in [1.165, 1.54) is 0 Å². The smallest absolute Gasteiger partial charge is 0.191 e. The Bertz CT molecular complexity index is 614. The Labute approximate surface area is 125 Å². The summed E-state index contributed by atoms with van der Waals surface area (Å²) in [4.78, 5) is 4.13. The van der Waals surface area contributed by atoms with Crippen molar-refractivity contribution in [2.24, 2.45) is 4.99 Å². The van der Waals surface area contributed by atoms with Crippen LogP contribution in [0.15, 0.2) is 29.3 Å². The molecule has 7 heteroatoms. The molecule has 1 saturated heterocycles. The van der Waals surface area contributed by atoms with Crippen molar-refractivity contribution in [2.45, 2.75) is 19.0 Å². The molecule has 1 aromatic rings. The third-order valence-electron chi connectivity index (χ3n) is 3.39. The monoisotopic (exact) mass is 311 g/mol. The van der Waals surface area contributed by atoms with Crippen LogP contribution in [0.1, 0.15) is 12.0 Å². The normalized spacial score (nSPS) is 21.0. The Morgan fingerprint density at radius 2 is 2.29 bits per heavy atom. The average Bonchev–Trinajstić information content (AvgIpc) is 2.82. The first-order valence-electron chi connectivity index (χ1n) is 6.83. The summed E-state index contributed by atoms with van der Waals surface area (Å²) >= 11 is 0. The van der Waals surface area contributed by atoms with Crippen molar-refractivity contribution in [3.05, 3.63) is 29.8 Å². The topological polar surface area (TPSA) is 79.8 Å². The Balaban J connectivity index is 1.88. The van der Waals surface area contributed by atoms with Crippen molar-refractivity contribution >= 4 is 15.8 Å². The second-order valence-electron chi connectivity index (χ2n) is 5.02. The number of rotatable bonds is 4. The predicted octanol–water partition coefficient (Wildman–Crippen LogP) is 0.547. The minimum atomic E-state index is -2.89. The number of benzene rings is 1. The summed E-state index contributed by atoms with van der Waals surface area (Å²) in [7, 11) is 0.416. The number of aliphatic imine (C=N–C) groups is 1. The van der Waals surface area contributed by atoms with E-state index in [-0.39, 0.29) is 17.5 Å². The molecule has 1 aliphatic rings. The van der Waals surface area contributed by atoms with Crippen LogP contribution < -0.4 is 15.4 Å². The molecular formula is C14H21N3O3S. The highest BCUT2D eigenvalue weighted by Crippen LogP contribution is 2.13. The van der Waals surface area contributed by atoms with Crippen molar-refractivity contribution in [3.8, 4) is 5.75 Å². The molecule has 116 valence electrons. The minimum Gasteiger partial charge on any atom is -0.497 e. The number of hydrogen-bond donors (Lipinski definition) is 2. The maximum absolute atomic E-state index is 11.4. The largest absolute Gasteiger partial charge is 0.497 e. The number of methoxy groups -OCH3 is 1. The maximum Gasteiger partial charge on any atom is 0.191 e. The summed E-state index contributed by atoms with van der Waals surface area (Å²) in [5, 5.41) is 6.33. The molecule has 2 rings (SSSR count). The first-order valence-corrected chi connectivity index (χ1v) is 8.65. The van der Waals surface area contributed by atoms with Crippen LogP contribution in [0.4, 0.5) is 0 Å². The van der Waals surface area contributed by atoms with Gasteiger partial charge in [-0.3, -0.25) is 4.99 Å². The number of nitrogens with zero attached hydrogens (tertiary/aromatic N) is 1. The molecule has 0 aliphatic carbocycles. The zero-order chi connectivity index (χ0) is 15.3. The molecule has 0 radical (unpaired) electrons. The second-order valence-corrected chi connectivity index (χ2v) is 7.25. The van der Waals surface area contributed by atoms with Crippen LogP contribution >= 0.6 is 0 Å². The van der Waals surface area contributed by atoms with Crippen molar-refractivity contribution in [3.63, 3.8) is 0 Å². The molecule has 1 aromatic carbocycles. The average molecular weight is 311 g/mol. The van der Waals surface area contributed by atoms with Crippen LogP contribution in [-0.4, -0.2) is 46.1 Å². The van der Waals surface area contributed by atoms with Crippen LogP contribution in [0.3, 0.4) is 0 Å². The van der Waals surface area contributed by atoms with Gasteiger partial charge in [0.05, 0.1) is 18.6 Å². The molecule has 21 heavy (non-hydrogen) atoms. The fourth-order valence-corrected chi connectivity index (χ4v) is 3.94. The number of sulfone groups is 1. The van der Waals surface area contributed by atoms with Gasteiger partial charge >= 0.3 is 0 Å². The lowest BCUT2D eigenvalue weighted by Crippen LogP contribution is -2.43. The van der Waals surface area contributed by atoms with Crippen LogP contribution in [0, 0.1) is 0 Å². The molecule has 0 bridgehead atoms. The van der Waals surface area contributed by atoms with Gasteiger partial charge in [0.1, 0.15) is 5.75 Å². The number of ether oxygens (including phenoxy) is 1. The molecule has 0 aromatic heterocycles. The molecule has 1 unspecified atom stereocenters. The van der Waals surface area contributed by atoms with Gasteiger partial charge in [-0.25, -0.2) is 8.42 Å². The minimum absolute atomic E-state index is 0.0634. The third kappa shape index (κ3) is 4.63. The van der Waals surface area contributed by atoms with E-state index in [0.717, 1.165) is 11.3 Å². The summed E-state index contributed by atoms with van der Waals surface area (Å²) in [6.45, 7) is 0.594. The summed E-state index contributed by atoms with van der Waals surface area (Å²) in [6, 6.07) is 7.69. The molecule has 1 heterocycles. The zero-order valence-electron chi connectivity index (χ0n) is 12.3. The van der Waals surface area contributed by atoms with E-state index in [0.29, 0.717) is 18.9 Å². The summed E-state index contributed by atoms with van der Waals surface area (Å²) < 4.78 is 28.1. The Hall–Kier alpha value is -1.76. The Morgan fingerprint density at radius 1 is 1.48 bits per heavy atom. The van der Waals surface area contributed by atoms with Gasteiger partial charge in [-0.05, 0) is 24.1 Å². The number of guanidine groups is 1. The lowest BCUT2D eigenvalue weighted by atomic mass is 10.2. The van der Waals surface area contributed by atoms with E-state index >= 15 is 0 Å². The summed E-state index contributed by atoms with van der Waals surface area (Å²) in [6.07, 6.45) is 0.627. The van der Waals surface area contributed by atoms with Gasteiger partial charge in [-0.15, -0.1) is 0 Å². The zero-order valence-corrected chi connectivity index (χ0v) is 13.1.